The highest BCUT2D eigenvalue weighted by molar-refractivity contribution is 6.05. The van der Waals surface area contributed by atoms with Gasteiger partial charge in [0.1, 0.15) is 12.9 Å². The van der Waals surface area contributed by atoms with Crippen LogP contribution in [0.25, 0.3) is 22.2 Å². The number of halogens is 2. The monoisotopic (exact) mass is 530 g/mol. The van der Waals surface area contributed by atoms with Crippen molar-refractivity contribution in [1.29, 1.82) is 0 Å². The average molecular weight is 530 g/mol. The van der Waals surface area contributed by atoms with Gasteiger partial charge in [-0.2, -0.15) is 0 Å². The third-order valence-electron chi connectivity index (χ3n) is 5.60. The largest absolute Gasteiger partial charge is 1.00 e. The van der Waals surface area contributed by atoms with Crippen molar-refractivity contribution in [1.82, 2.24) is 4.57 Å². The van der Waals surface area contributed by atoms with Crippen LogP contribution in [0.2, 0.25) is 0 Å². The number of nitrogens with zero attached hydrogens (tertiary/aromatic N) is 2. The molecule has 2 aromatic carbocycles. The van der Waals surface area contributed by atoms with Gasteiger partial charge in [-0.3, -0.25) is 0 Å². The maximum Gasteiger partial charge on any atom is 0.340 e. The molecular weight excluding hydrogens is 506 g/mol. The number of pyridine rings is 1. The fourth-order valence-corrected chi connectivity index (χ4v) is 4.00. The molecule has 0 saturated carbocycles. The van der Waals surface area contributed by atoms with Crippen LogP contribution in [0.1, 0.15) is 21.6 Å². The van der Waals surface area contributed by atoms with E-state index in [0.717, 1.165) is 40.8 Å². The topological polar surface area (TPSA) is 35.1 Å². The second kappa shape index (κ2) is 9.60. The lowest BCUT2D eigenvalue weighted by molar-refractivity contribution is -0.660. The van der Waals surface area contributed by atoms with E-state index in [1.807, 2.05) is 49.0 Å². The number of esters is 1. The predicted octanol–water partition coefficient (Wildman–Crippen LogP) is 1.61. The van der Waals surface area contributed by atoms with Gasteiger partial charge in [-0.15, -0.1) is 0 Å². The van der Waals surface area contributed by atoms with E-state index >= 15 is 0 Å². The van der Waals surface area contributed by atoms with Crippen molar-refractivity contribution in [3.8, 4) is 11.3 Å². The molecule has 0 unspecified atom stereocenters. The minimum atomic E-state index is -0.312. The second-order valence-electron chi connectivity index (χ2n) is 7.41. The molecule has 0 spiro atoms. The fraction of sp³-hybridized carbons (Fsp3) is 0.200. The Hall–Kier alpha value is -2.74. The number of benzene rings is 2. The Kier molecular flexibility index (Phi) is 7.10. The van der Waals surface area contributed by atoms with Crippen LogP contribution in [0.3, 0.4) is 0 Å². The molecule has 0 aliphatic carbocycles. The molecule has 0 saturated heterocycles. The lowest BCUT2D eigenvalue weighted by atomic mass is 10.1. The zero-order chi connectivity index (χ0) is 21.3. The number of ether oxygens (including phenoxy) is 1. The van der Waals surface area contributed by atoms with Crippen LogP contribution < -0.4 is 28.5 Å². The maximum absolute atomic E-state index is 13.3. The summed E-state index contributed by atoms with van der Waals surface area (Å²) in [6.07, 6.45) is 2.82. The van der Waals surface area contributed by atoms with Crippen LogP contribution in [0.4, 0.5) is 4.39 Å². The zero-order valence-corrected chi connectivity index (χ0v) is 19.9. The quantitative estimate of drug-likeness (QED) is 0.224. The number of rotatable bonds is 5. The summed E-state index contributed by atoms with van der Waals surface area (Å²) >= 11 is 0. The summed E-state index contributed by atoms with van der Waals surface area (Å²) in [6, 6.07) is 18.7. The molecule has 2 heterocycles. The van der Waals surface area contributed by atoms with Gasteiger partial charge in [-0.05, 0) is 49.2 Å². The van der Waals surface area contributed by atoms with Crippen LogP contribution in [-0.2, 0) is 24.8 Å². The molecule has 0 bridgehead atoms. The number of carbonyl (C=O) groups excluding carboxylic acids is 1. The molecule has 2 aromatic heterocycles. The van der Waals surface area contributed by atoms with Crippen LogP contribution in [0, 0.1) is 12.7 Å². The minimum absolute atomic E-state index is 0. The van der Waals surface area contributed by atoms with E-state index in [1.165, 1.54) is 24.8 Å². The molecule has 160 valence electrons. The van der Waals surface area contributed by atoms with Crippen molar-refractivity contribution in [3.63, 3.8) is 0 Å². The van der Waals surface area contributed by atoms with Gasteiger partial charge in [0.25, 0.3) is 0 Å². The first kappa shape index (κ1) is 22.9. The molecule has 0 atom stereocenters. The normalized spacial score (nSPS) is 10.7. The van der Waals surface area contributed by atoms with Gasteiger partial charge in [-0.1, -0.05) is 18.2 Å². The summed E-state index contributed by atoms with van der Waals surface area (Å²) in [5, 5.41) is 0.910. The third kappa shape index (κ3) is 4.49. The lowest BCUT2D eigenvalue weighted by Crippen LogP contribution is -3.00. The van der Waals surface area contributed by atoms with E-state index in [-0.39, 0.29) is 35.8 Å². The van der Waals surface area contributed by atoms with Crippen LogP contribution in [0.15, 0.2) is 66.9 Å². The van der Waals surface area contributed by atoms with E-state index in [9.17, 15) is 9.18 Å². The number of para-hydroxylation sites is 1. The van der Waals surface area contributed by atoms with Crippen LogP contribution in [0.5, 0.6) is 0 Å². The first-order valence-corrected chi connectivity index (χ1v) is 9.90. The van der Waals surface area contributed by atoms with Crippen molar-refractivity contribution in [2.45, 2.75) is 19.9 Å². The molecule has 4 nitrogen and oxygen atoms in total. The fourth-order valence-electron chi connectivity index (χ4n) is 4.00. The Morgan fingerprint density at radius 1 is 1.10 bits per heavy atom. The van der Waals surface area contributed by atoms with Crippen molar-refractivity contribution >= 4 is 16.9 Å². The molecule has 6 heteroatoms. The molecule has 0 radical (unpaired) electrons. The first-order chi connectivity index (χ1) is 14.5. The van der Waals surface area contributed by atoms with E-state index in [2.05, 4.69) is 16.7 Å². The summed E-state index contributed by atoms with van der Waals surface area (Å²) in [5.74, 6) is -0.554. The van der Waals surface area contributed by atoms with E-state index in [4.69, 9.17) is 4.74 Å². The Bertz CT molecular complexity index is 1230. The van der Waals surface area contributed by atoms with Gasteiger partial charge in [-0.25, -0.2) is 13.8 Å². The van der Waals surface area contributed by atoms with Gasteiger partial charge >= 0.3 is 5.97 Å². The maximum atomic E-state index is 13.3. The molecule has 4 rings (SSSR count). The Morgan fingerprint density at radius 3 is 2.52 bits per heavy atom. The first-order valence-electron chi connectivity index (χ1n) is 9.90. The standard InChI is InChI=1S/C25H24FN2O2.HI/c1-17-24(25(29)30-3)21-6-4-5-7-22(21)28(17)15-13-18-12-14-27(2)23(16-18)19-8-10-20(26)11-9-19;/h4-12,14,16H,13,15H2,1-3H3;1H/q+1;/p-1. The number of hydrogen-bond donors (Lipinski definition) is 0. The zero-order valence-electron chi connectivity index (χ0n) is 17.7. The summed E-state index contributed by atoms with van der Waals surface area (Å²) in [4.78, 5) is 12.3. The van der Waals surface area contributed by atoms with Crippen molar-refractivity contribution in [3.05, 3.63) is 89.5 Å². The lowest BCUT2D eigenvalue weighted by Gasteiger charge is -2.09. The molecule has 31 heavy (non-hydrogen) atoms. The molecule has 0 N–H and O–H groups in total. The summed E-state index contributed by atoms with van der Waals surface area (Å²) in [6.45, 7) is 2.70. The SMILES string of the molecule is COC(=O)c1c(C)n(CCc2cc[n+](C)c(-c3ccc(F)cc3)c2)c2ccccc12.[I-]. The van der Waals surface area contributed by atoms with E-state index < -0.39 is 0 Å². The molecule has 0 aliphatic heterocycles. The summed E-state index contributed by atoms with van der Waals surface area (Å²) < 4.78 is 22.5. The highest BCUT2D eigenvalue weighted by atomic mass is 127. The number of carbonyl (C=O) groups is 1. The van der Waals surface area contributed by atoms with Crippen molar-refractivity contribution in [2.24, 2.45) is 7.05 Å². The van der Waals surface area contributed by atoms with Crippen molar-refractivity contribution in [2.75, 3.05) is 7.11 Å². The van der Waals surface area contributed by atoms with Crippen molar-refractivity contribution < 1.29 is 42.5 Å². The molecular formula is C25H24FIN2O2. The average Bonchev–Trinajstić information content (AvgIpc) is 3.04. The summed E-state index contributed by atoms with van der Waals surface area (Å²) in [7, 11) is 3.39. The molecule has 0 amide bonds. The number of methoxy groups -OCH3 is 1. The van der Waals surface area contributed by atoms with Gasteiger partial charge in [0.2, 0.25) is 5.69 Å². The van der Waals surface area contributed by atoms with Gasteiger partial charge in [0.15, 0.2) is 6.20 Å². The predicted molar refractivity (Wildman–Crippen MR) is 115 cm³/mol. The number of hydrogen-bond acceptors (Lipinski definition) is 2. The van der Waals surface area contributed by atoms with E-state index in [0.29, 0.717) is 5.56 Å². The Labute approximate surface area is 198 Å². The highest BCUT2D eigenvalue weighted by Gasteiger charge is 2.20. The highest BCUT2D eigenvalue weighted by Crippen LogP contribution is 2.27. The van der Waals surface area contributed by atoms with Gasteiger partial charge < -0.3 is 33.3 Å². The van der Waals surface area contributed by atoms with E-state index in [1.54, 1.807) is 12.1 Å². The van der Waals surface area contributed by atoms with Gasteiger partial charge in [0, 0.05) is 40.8 Å². The molecule has 0 fully saturated rings. The van der Waals surface area contributed by atoms with Gasteiger partial charge in [0.05, 0.1) is 12.7 Å². The Balaban J connectivity index is 0.00000272. The molecule has 4 aromatic rings. The minimum Gasteiger partial charge on any atom is -1.00 e. The Morgan fingerprint density at radius 2 is 1.81 bits per heavy atom. The van der Waals surface area contributed by atoms with Crippen LogP contribution >= 0.6 is 0 Å². The number of aromatic nitrogens is 2. The second-order valence-corrected chi connectivity index (χ2v) is 7.41. The third-order valence-corrected chi connectivity index (χ3v) is 5.60. The summed E-state index contributed by atoms with van der Waals surface area (Å²) in [5.41, 5.74) is 5.72. The smallest absolute Gasteiger partial charge is 0.340 e. The number of fused-ring (bicyclic) bond motifs is 1. The molecule has 0 aliphatic rings. The van der Waals surface area contributed by atoms with Crippen LogP contribution in [-0.4, -0.2) is 17.6 Å². The number of aryl methyl sites for hydroxylation is 3.